The van der Waals surface area contributed by atoms with E-state index in [1.54, 1.807) is 0 Å². The van der Waals surface area contributed by atoms with Gasteiger partial charge in [0.15, 0.2) is 0 Å². The van der Waals surface area contributed by atoms with Crippen LogP contribution in [-0.4, -0.2) is 39.3 Å². The molecule has 5 nitrogen and oxygen atoms in total. The number of aryl methyl sites for hydroxylation is 1. The Hall–Kier alpha value is -1.17. The van der Waals surface area contributed by atoms with Crippen LogP contribution >= 0.6 is 11.5 Å². The van der Waals surface area contributed by atoms with Crippen LogP contribution in [0.4, 0.5) is 5.13 Å². The van der Waals surface area contributed by atoms with Gasteiger partial charge in [-0.15, -0.1) is 0 Å². The number of likely N-dealkylation sites (tertiary alicyclic amines) is 1. The van der Waals surface area contributed by atoms with Crippen LogP contribution in [0.25, 0.3) is 0 Å². The van der Waals surface area contributed by atoms with Gasteiger partial charge < -0.3 is 10.2 Å². The highest BCUT2D eigenvalue weighted by Crippen LogP contribution is 2.28. The Bertz CT molecular complexity index is 469. The molecule has 2 fully saturated rings. The van der Waals surface area contributed by atoms with E-state index in [0.717, 1.165) is 49.7 Å². The Balaban J connectivity index is 1.52. The van der Waals surface area contributed by atoms with Crippen LogP contribution in [0.5, 0.6) is 0 Å². The normalized spacial score (nSPS) is 23.4. The molecule has 1 N–H and O–H groups in total. The van der Waals surface area contributed by atoms with Gasteiger partial charge in [-0.2, -0.15) is 4.37 Å². The molecule has 1 aliphatic carbocycles. The highest BCUT2D eigenvalue weighted by atomic mass is 32.1. The van der Waals surface area contributed by atoms with Crippen molar-refractivity contribution >= 4 is 22.6 Å². The second-order valence-electron chi connectivity index (χ2n) is 5.76. The highest BCUT2D eigenvalue weighted by molar-refractivity contribution is 7.09. The molecule has 1 aromatic heterocycles. The Labute approximate surface area is 123 Å². The standard InChI is InChI=1S/C14H22N4OS/c1-2-12-16-14(20-17-12)15-11-7-8-18(9-11)13(19)10-5-3-4-6-10/h10-11H,2-9H2,1H3,(H,15,16,17). The van der Waals surface area contributed by atoms with Gasteiger partial charge in [-0.05, 0) is 19.3 Å². The van der Waals surface area contributed by atoms with Crippen LogP contribution in [0, 0.1) is 5.92 Å². The lowest BCUT2D eigenvalue weighted by atomic mass is 10.1. The van der Waals surface area contributed by atoms with Crippen molar-refractivity contribution in [1.82, 2.24) is 14.3 Å². The number of carbonyl (C=O) groups is 1. The molecule has 110 valence electrons. The third-order valence-electron chi connectivity index (χ3n) is 4.32. The first-order chi connectivity index (χ1) is 9.76. The summed E-state index contributed by atoms with van der Waals surface area (Å²) in [5, 5.41) is 4.31. The number of anilines is 1. The van der Waals surface area contributed by atoms with Gasteiger partial charge in [0, 0.05) is 43.0 Å². The van der Waals surface area contributed by atoms with Crippen LogP contribution in [0.3, 0.4) is 0 Å². The number of hydrogen-bond acceptors (Lipinski definition) is 5. The lowest BCUT2D eigenvalue weighted by molar-refractivity contribution is -0.134. The molecule has 20 heavy (non-hydrogen) atoms. The summed E-state index contributed by atoms with van der Waals surface area (Å²) in [4.78, 5) is 18.8. The zero-order valence-corrected chi connectivity index (χ0v) is 12.8. The minimum Gasteiger partial charge on any atom is -0.356 e. The second-order valence-corrected chi connectivity index (χ2v) is 6.52. The van der Waals surface area contributed by atoms with E-state index in [-0.39, 0.29) is 0 Å². The molecule has 0 spiro atoms. The van der Waals surface area contributed by atoms with Gasteiger partial charge in [-0.3, -0.25) is 4.79 Å². The molecule has 2 aliphatic rings. The average molecular weight is 294 g/mol. The maximum atomic E-state index is 12.4. The fourth-order valence-corrected chi connectivity index (χ4v) is 3.87. The molecule has 1 aliphatic heterocycles. The molecule has 0 bridgehead atoms. The predicted octanol–water partition coefficient (Wildman–Crippen LogP) is 2.30. The van der Waals surface area contributed by atoms with Gasteiger partial charge in [-0.1, -0.05) is 19.8 Å². The topological polar surface area (TPSA) is 58.1 Å². The highest BCUT2D eigenvalue weighted by Gasteiger charge is 2.32. The Morgan fingerprint density at radius 3 is 2.90 bits per heavy atom. The summed E-state index contributed by atoms with van der Waals surface area (Å²) in [7, 11) is 0. The number of rotatable bonds is 4. The third-order valence-corrected chi connectivity index (χ3v) is 5.00. The molecule has 0 aromatic carbocycles. The van der Waals surface area contributed by atoms with Crippen LogP contribution in [0.15, 0.2) is 0 Å². The Kier molecular flexibility index (Phi) is 4.19. The fourth-order valence-electron chi connectivity index (χ4n) is 3.14. The fraction of sp³-hybridized carbons (Fsp3) is 0.786. The monoisotopic (exact) mass is 294 g/mol. The van der Waals surface area contributed by atoms with Gasteiger partial charge >= 0.3 is 0 Å². The van der Waals surface area contributed by atoms with Crippen molar-refractivity contribution in [2.75, 3.05) is 18.4 Å². The zero-order chi connectivity index (χ0) is 13.9. The SMILES string of the molecule is CCc1nsc(NC2CCN(C(=O)C3CCCC3)C2)n1. The van der Waals surface area contributed by atoms with E-state index in [4.69, 9.17) is 0 Å². The summed E-state index contributed by atoms with van der Waals surface area (Å²) in [6.45, 7) is 3.76. The van der Waals surface area contributed by atoms with Gasteiger partial charge in [0.1, 0.15) is 5.82 Å². The quantitative estimate of drug-likeness (QED) is 0.926. The van der Waals surface area contributed by atoms with Gasteiger partial charge in [0.2, 0.25) is 11.0 Å². The van der Waals surface area contributed by atoms with Crippen molar-refractivity contribution in [2.45, 2.75) is 51.5 Å². The maximum absolute atomic E-state index is 12.4. The molecule has 6 heteroatoms. The number of amides is 1. The van der Waals surface area contributed by atoms with E-state index in [1.807, 2.05) is 4.90 Å². The second kappa shape index (κ2) is 6.08. The van der Waals surface area contributed by atoms with E-state index < -0.39 is 0 Å². The Morgan fingerprint density at radius 2 is 2.20 bits per heavy atom. The first kappa shape index (κ1) is 13.8. The molecule has 1 aromatic rings. The predicted molar refractivity (Wildman–Crippen MR) is 79.9 cm³/mol. The maximum Gasteiger partial charge on any atom is 0.225 e. The van der Waals surface area contributed by atoms with Gasteiger partial charge in [0.05, 0.1) is 0 Å². The molecule has 3 rings (SSSR count). The molecular weight excluding hydrogens is 272 g/mol. The molecule has 1 unspecified atom stereocenters. The summed E-state index contributed by atoms with van der Waals surface area (Å²) < 4.78 is 4.28. The van der Waals surface area contributed by atoms with Crippen molar-refractivity contribution in [3.8, 4) is 0 Å². The van der Waals surface area contributed by atoms with E-state index in [2.05, 4.69) is 21.6 Å². The van der Waals surface area contributed by atoms with E-state index in [0.29, 0.717) is 17.9 Å². The van der Waals surface area contributed by atoms with Gasteiger partial charge in [0.25, 0.3) is 0 Å². The molecular formula is C14H22N4OS. The van der Waals surface area contributed by atoms with Crippen molar-refractivity contribution in [2.24, 2.45) is 5.92 Å². The van der Waals surface area contributed by atoms with Crippen molar-refractivity contribution < 1.29 is 4.79 Å². The summed E-state index contributed by atoms with van der Waals surface area (Å²) in [5.41, 5.74) is 0. The molecule has 2 heterocycles. The molecule has 1 saturated heterocycles. The van der Waals surface area contributed by atoms with Crippen molar-refractivity contribution in [1.29, 1.82) is 0 Å². The van der Waals surface area contributed by atoms with Gasteiger partial charge in [-0.25, -0.2) is 4.98 Å². The lowest BCUT2D eigenvalue weighted by Gasteiger charge is -2.20. The first-order valence-corrected chi connectivity index (χ1v) is 8.41. The first-order valence-electron chi connectivity index (χ1n) is 7.64. The summed E-state index contributed by atoms with van der Waals surface area (Å²) in [6, 6.07) is 0.331. The Morgan fingerprint density at radius 1 is 1.40 bits per heavy atom. The molecule has 0 radical (unpaired) electrons. The molecule has 1 atom stereocenters. The van der Waals surface area contributed by atoms with Crippen LogP contribution in [0.2, 0.25) is 0 Å². The largest absolute Gasteiger partial charge is 0.356 e. The van der Waals surface area contributed by atoms with Crippen LogP contribution in [0.1, 0.15) is 44.9 Å². The van der Waals surface area contributed by atoms with Crippen LogP contribution in [-0.2, 0) is 11.2 Å². The number of nitrogens with one attached hydrogen (secondary N) is 1. The van der Waals surface area contributed by atoms with Crippen LogP contribution < -0.4 is 5.32 Å². The number of nitrogens with zero attached hydrogens (tertiary/aromatic N) is 3. The number of aromatic nitrogens is 2. The minimum absolute atomic E-state index is 0.293. The zero-order valence-electron chi connectivity index (χ0n) is 12.0. The molecule has 1 saturated carbocycles. The summed E-state index contributed by atoms with van der Waals surface area (Å²) >= 11 is 1.42. The summed E-state index contributed by atoms with van der Waals surface area (Å²) in [5.74, 6) is 1.56. The minimum atomic E-state index is 0.293. The van der Waals surface area contributed by atoms with E-state index in [9.17, 15) is 4.79 Å². The third kappa shape index (κ3) is 2.95. The van der Waals surface area contributed by atoms with E-state index >= 15 is 0 Å². The smallest absolute Gasteiger partial charge is 0.225 e. The summed E-state index contributed by atoms with van der Waals surface area (Å²) in [6.07, 6.45) is 6.50. The number of hydrogen-bond donors (Lipinski definition) is 1. The lowest BCUT2D eigenvalue weighted by Crippen LogP contribution is -2.35. The van der Waals surface area contributed by atoms with Crippen molar-refractivity contribution in [3.05, 3.63) is 5.82 Å². The van der Waals surface area contributed by atoms with E-state index in [1.165, 1.54) is 24.4 Å². The average Bonchev–Trinajstić information content (AvgIpc) is 3.20. The number of carbonyl (C=O) groups excluding carboxylic acids is 1. The van der Waals surface area contributed by atoms with Crippen molar-refractivity contribution in [3.63, 3.8) is 0 Å². The molecule has 1 amide bonds.